The van der Waals surface area contributed by atoms with Gasteiger partial charge in [0.1, 0.15) is 11.4 Å². The van der Waals surface area contributed by atoms with E-state index in [4.69, 9.17) is 4.74 Å². The lowest BCUT2D eigenvalue weighted by atomic mass is 9.88. The third-order valence-corrected chi connectivity index (χ3v) is 9.37. The number of hydrogen-bond acceptors (Lipinski definition) is 7. The highest BCUT2D eigenvalue weighted by atomic mass is 16.6. The van der Waals surface area contributed by atoms with Gasteiger partial charge in [0.15, 0.2) is 0 Å². The van der Waals surface area contributed by atoms with E-state index in [2.05, 4.69) is 15.1 Å². The van der Waals surface area contributed by atoms with E-state index in [1.807, 2.05) is 18.2 Å². The molecule has 3 fully saturated rings. The maximum atomic E-state index is 13.7. The SMILES string of the molecule is COc1cc(NC(=O)C2CCCCC2)ccc1N1CCN(CCN(C(=O)C2CCCCC2)c2ccccc2[N+](=O)[O-])CC1. The second-order valence-corrected chi connectivity index (χ2v) is 12.1. The molecule has 1 aliphatic heterocycles. The maximum Gasteiger partial charge on any atom is 0.292 e. The predicted octanol–water partition coefficient (Wildman–Crippen LogP) is 5.86. The van der Waals surface area contributed by atoms with Crippen LogP contribution in [0.15, 0.2) is 42.5 Å². The molecule has 0 unspecified atom stereocenters. The van der Waals surface area contributed by atoms with Gasteiger partial charge in [-0.25, -0.2) is 0 Å². The van der Waals surface area contributed by atoms with Gasteiger partial charge in [-0.2, -0.15) is 0 Å². The quantitative estimate of drug-likeness (QED) is 0.272. The van der Waals surface area contributed by atoms with Gasteiger partial charge in [-0.1, -0.05) is 50.7 Å². The molecule has 3 aliphatic rings. The average molecular weight is 592 g/mol. The Balaban J connectivity index is 1.20. The topological polar surface area (TPSA) is 108 Å². The summed E-state index contributed by atoms with van der Waals surface area (Å²) in [6.07, 6.45) is 10.3. The first kappa shape index (κ1) is 30.8. The molecule has 10 heteroatoms. The molecule has 2 aliphatic carbocycles. The Morgan fingerprint density at radius 1 is 0.930 bits per heavy atom. The van der Waals surface area contributed by atoms with Crippen molar-refractivity contribution >= 4 is 34.6 Å². The number of methoxy groups -OCH3 is 1. The molecule has 0 atom stereocenters. The van der Waals surface area contributed by atoms with Crippen molar-refractivity contribution in [3.8, 4) is 5.75 Å². The molecule has 2 aromatic rings. The standard InChI is InChI=1S/C33H45N5O5/c1-43-31-24-27(34-32(39)25-10-4-2-5-11-25)16-17-30(31)36-21-18-35(19-22-36)20-23-37(33(40)26-12-6-3-7-13-26)28-14-8-9-15-29(28)38(41)42/h8-9,14-17,24-26H,2-7,10-13,18-23H2,1H3,(H,34,39). The molecule has 10 nitrogen and oxygen atoms in total. The van der Waals surface area contributed by atoms with Crippen LogP contribution in [0.25, 0.3) is 0 Å². The highest BCUT2D eigenvalue weighted by Gasteiger charge is 2.31. The molecule has 5 rings (SSSR count). The van der Waals surface area contributed by atoms with Crippen LogP contribution < -0.4 is 19.9 Å². The normalized spacial score (nSPS) is 18.7. The van der Waals surface area contributed by atoms with Crippen LogP contribution in [0.3, 0.4) is 0 Å². The van der Waals surface area contributed by atoms with E-state index in [0.29, 0.717) is 18.8 Å². The third kappa shape index (κ3) is 7.65. The zero-order chi connectivity index (χ0) is 30.2. The summed E-state index contributed by atoms with van der Waals surface area (Å²) in [5.74, 6) is 0.853. The van der Waals surface area contributed by atoms with E-state index in [0.717, 1.165) is 101 Å². The van der Waals surface area contributed by atoms with E-state index in [1.54, 1.807) is 30.2 Å². The number of carbonyl (C=O) groups is 2. The van der Waals surface area contributed by atoms with Gasteiger partial charge in [0.05, 0.1) is 17.7 Å². The first-order valence-electron chi connectivity index (χ1n) is 16.0. The summed E-state index contributed by atoms with van der Waals surface area (Å²) in [5.41, 5.74) is 2.11. The zero-order valence-electron chi connectivity index (χ0n) is 25.3. The van der Waals surface area contributed by atoms with E-state index < -0.39 is 4.92 Å². The first-order chi connectivity index (χ1) is 20.9. The monoisotopic (exact) mass is 591 g/mol. The van der Waals surface area contributed by atoms with Crippen molar-refractivity contribution in [2.45, 2.75) is 64.2 Å². The Morgan fingerprint density at radius 2 is 1.58 bits per heavy atom. The summed E-state index contributed by atoms with van der Waals surface area (Å²) in [6.45, 7) is 4.22. The molecule has 1 saturated heterocycles. The zero-order valence-corrected chi connectivity index (χ0v) is 25.3. The summed E-state index contributed by atoms with van der Waals surface area (Å²) in [4.78, 5) is 44.1. The molecule has 0 bridgehead atoms. The number of anilines is 3. The van der Waals surface area contributed by atoms with Gasteiger partial charge in [0.25, 0.3) is 5.69 Å². The Hall–Kier alpha value is -3.66. The van der Waals surface area contributed by atoms with Crippen molar-refractivity contribution in [3.05, 3.63) is 52.6 Å². The molecular formula is C33H45N5O5. The minimum atomic E-state index is -0.394. The number of nitrogens with one attached hydrogen (secondary N) is 1. The number of carbonyl (C=O) groups excluding carboxylic acids is 2. The second kappa shape index (κ2) is 14.7. The molecule has 0 aromatic heterocycles. The largest absolute Gasteiger partial charge is 0.495 e. The third-order valence-electron chi connectivity index (χ3n) is 9.37. The van der Waals surface area contributed by atoms with Crippen molar-refractivity contribution in [2.75, 3.05) is 61.5 Å². The summed E-state index contributed by atoms with van der Waals surface area (Å²) in [5, 5.41) is 14.9. The number of para-hydroxylation sites is 2. The van der Waals surface area contributed by atoms with Gasteiger partial charge in [-0.05, 0) is 43.9 Å². The number of nitrogens with zero attached hydrogens (tertiary/aromatic N) is 4. The Labute approximate surface area is 254 Å². The summed E-state index contributed by atoms with van der Waals surface area (Å²) in [7, 11) is 1.66. The van der Waals surface area contributed by atoms with Crippen LogP contribution in [0.4, 0.5) is 22.7 Å². The van der Waals surface area contributed by atoms with Crippen molar-refractivity contribution in [1.82, 2.24) is 4.90 Å². The molecule has 0 spiro atoms. The first-order valence-corrected chi connectivity index (χ1v) is 16.0. The van der Waals surface area contributed by atoms with Gasteiger partial charge in [0, 0.05) is 68.9 Å². The van der Waals surface area contributed by atoms with Crippen molar-refractivity contribution < 1.29 is 19.2 Å². The van der Waals surface area contributed by atoms with Gasteiger partial charge < -0.3 is 19.9 Å². The summed E-state index contributed by atoms with van der Waals surface area (Å²) >= 11 is 0. The van der Waals surface area contributed by atoms with Crippen LogP contribution in [0, 0.1) is 22.0 Å². The minimum Gasteiger partial charge on any atom is -0.495 e. The van der Waals surface area contributed by atoms with Crippen molar-refractivity contribution in [2.24, 2.45) is 11.8 Å². The number of ether oxygens (including phenoxy) is 1. The fourth-order valence-corrected chi connectivity index (χ4v) is 6.85. The van der Waals surface area contributed by atoms with Crippen LogP contribution in [0.5, 0.6) is 5.75 Å². The maximum absolute atomic E-state index is 13.7. The van der Waals surface area contributed by atoms with E-state index in [-0.39, 0.29) is 29.3 Å². The lowest BCUT2D eigenvalue weighted by molar-refractivity contribution is -0.384. The lowest BCUT2D eigenvalue weighted by Gasteiger charge is -2.38. The number of amides is 2. The number of benzene rings is 2. The van der Waals surface area contributed by atoms with Crippen LogP contribution in [-0.4, -0.2) is 68.0 Å². The van der Waals surface area contributed by atoms with Gasteiger partial charge in [0.2, 0.25) is 11.8 Å². The van der Waals surface area contributed by atoms with Crippen molar-refractivity contribution in [1.29, 1.82) is 0 Å². The van der Waals surface area contributed by atoms with Crippen LogP contribution >= 0.6 is 0 Å². The highest BCUT2D eigenvalue weighted by Crippen LogP contribution is 2.34. The second-order valence-electron chi connectivity index (χ2n) is 12.1. The number of piperazine rings is 1. The molecule has 232 valence electrons. The Kier molecular flexibility index (Phi) is 10.5. The molecule has 1 N–H and O–H groups in total. The number of hydrogen-bond donors (Lipinski definition) is 1. The van der Waals surface area contributed by atoms with Gasteiger partial charge in [-0.15, -0.1) is 0 Å². The number of nitro benzene ring substituents is 1. The summed E-state index contributed by atoms with van der Waals surface area (Å²) < 4.78 is 5.73. The molecular weight excluding hydrogens is 546 g/mol. The Morgan fingerprint density at radius 3 is 2.23 bits per heavy atom. The molecule has 1 heterocycles. The van der Waals surface area contributed by atoms with E-state index in [9.17, 15) is 19.7 Å². The van der Waals surface area contributed by atoms with Gasteiger partial charge in [-0.3, -0.25) is 24.6 Å². The van der Waals surface area contributed by atoms with E-state index >= 15 is 0 Å². The van der Waals surface area contributed by atoms with Crippen molar-refractivity contribution in [3.63, 3.8) is 0 Å². The predicted molar refractivity (Wildman–Crippen MR) is 169 cm³/mol. The molecule has 2 aromatic carbocycles. The highest BCUT2D eigenvalue weighted by molar-refractivity contribution is 5.97. The molecule has 0 radical (unpaired) electrons. The molecule has 2 saturated carbocycles. The van der Waals surface area contributed by atoms with Crippen LogP contribution in [0.2, 0.25) is 0 Å². The molecule has 2 amide bonds. The summed E-state index contributed by atoms with van der Waals surface area (Å²) in [6, 6.07) is 12.5. The van der Waals surface area contributed by atoms with E-state index in [1.165, 1.54) is 12.5 Å². The smallest absolute Gasteiger partial charge is 0.292 e. The number of nitro groups is 1. The fourth-order valence-electron chi connectivity index (χ4n) is 6.85. The molecule has 43 heavy (non-hydrogen) atoms. The Bertz CT molecular complexity index is 1270. The minimum absolute atomic E-state index is 0.00744. The van der Waals surface area contributed by atoms with Gasteiger partial charge >= 0.3 is 0 Å². The number of rotatable bonds is 10. The van der Waals surface area contributed by atoms with Crippen LogP contribution in [-0.2, 0) is 9.59 Å². The van der Waals surface area contributed by atoms with Crippen LogP contribution in [0.1, 0.15) is 64.2 Å². The fraction of sp³-hybridized carbons (Fsp3) is 0.576. The lowest BCUT2D eigenvalue weighted by Crippen LogP contribution is -2.49. The average Bonchev–Trinajstić information content (AvgIpc) is 3.06.